The quantitative estimate of drug-likeness (QED) is 0.900. The number of halogens is 1. The van der Waals surface area contributed by atoms with Gasteiger partial charge in [0.05, 0.1) is 11.0 Å². The van der Waals surface area contributed by atoms with Crippen LogP contribution in [-0.4, -0.2) is 9.55 Å². The summed E-state index contributed by atoms with van der Waals surface area (Å²) in [5, 5.41) is 0. The smallest absolute Gasteiger partial charge is 0.201 e. The highest BCUT2D eigenvalue weighted by atomic mass is 19.1. The second-order valence-corrected chi connectivity index (χ2v) is 6.15. The van der Waals surface area contributed by atoms with Gasteiger partial charge < -0.3 is 10.3 Å². The second-order valence-electron chi connectivity index (χ2n) is 6.15. The number of hydrogen-bond acceptors (Lipinski definition) is 2. The van der Waals surface area contributed by atoms with Gasteiger partial charge in [-0.2, -0.15) is 0 Å². The van der Waals surface area contributed by atoms with Gasteiger partial charge in [-0.1, -0.05) is 6.42 Å². The third-order valence-electron chi connectivity index (χ3n) is 5.04. The van der Waals surface area contributed by atoms with Gasteiger partial charge >= 0.3 is 0 Å². The summed E-state index contributed by atoms with van der Waals surface area (Å²) >= 11 is 0. The van der Waals surface area contributed by atoms with E-state index < -0.39 is 0 Å². The molecule has 4 rings (SSSR count). The van der Waals surface area contributed by atoms with Crippen LogP contribution in [0.2, 0.25) is 0 Å². The van der Waals surface area contributed by atoms with E-state index in [-0.39, 0.29) is 5.82 Å². The molecule has 0 saturated heterocycles. The van der Waals surface area contributed by atoms with Gasteiger partial charge in [-0.05, 0) is 49.1 Å². The summed E-state index contributed by atoms with van der Waals surface area (Å²) in [6, 6.07) is 4.74. The molecule has 3 atom stereocenters. The van der Waals surface area contributed by atoms with E-state index in [1.165, 1.54) is 37.8 Å². The van der Waals surface area contributed by atoms with Crippen LogP contribution in [0.15, 0.2) is 18.2 Å². The molecule has 100 valence electrons. The average molecular weight is 259 g/mol. The van der Waals surface area contributed by atoms with Crippen molar-refractivity contribution >= 4 is 17.0 Å². The molecule has 0 radical (unpaired) electrons. The number of rotatable bonds is 2. The summed E-state index contributed by atoms with van der Waals surface area (Å²) in [6.45, 7) is 0.940. The van der Waals surface area contributed by atoms with Crippen LogP contribution in [0.4, 0.5) is 10.3 Å². The maximum Gasteiger partial charge on any atom is 0.201 e. The molecule has 0 aliphatic heterocycles. The molecule has 1 heterocycles. The Bertz CT molecular complexity index is 634. The number of imidazole rings is 1. The zero-order chi connectivity index (χ0) is 13.0. The van der Waals surface area contributed by atoms with Crippen LogP contribution in [0.1, 0.15) is 25.7 Å². The number of nitrogens with two attached hydrogens (primary N) is 1. The van der Waals surface area contributed by atoms with Crippen LogP contribution < -0.4 is 5.73 Å². The van der Waals surface area contributed by atoms with E-state index in [0.29, 0.717) is 11.5 Å². The molecule has 3 nitrogen and oxygen atoms in total. The molecule has 2 bridgehead atoms. The van der Waals surface area contributed by atoms with Crippen LogP contribution in [0.5, 0.6) is 0 Å². The van der Waals surface area contributed by atoms with E-state index in [2.05, 4.69) is 9.55 Å². The van der Waals surface area contributed by atoms with Crippen molar-refractivity contribution < 1.29 is 4.39 Å². The summed E-state index contributed by atoms with van der Waals surface area (Å²) in [6.07, 6.45) is 5.50. The third kappa shape index (κ3) is 1.73. The summed E-state index contributed by atoms with van der Waals surface area (Å²) in [4.78, 5) is 4.28. The SMILES string of the molecule is Nc1nc2cc(F)ccc2n1CC1CC2CCC1C2. The van der Waals surface area contributed by atoms with E-state index in [4.69, 9.17) is 5.73 Å². The Morgan fingerprint density at radius 2 is 2.21 bits per heavy atom. The van der Waals surface area contributed by atoms with Crippen LogP contribution in [0.3, 0.4) is 0 Å². The van der Waals surface area contributed by atoms with Crippen LogP contribution >= 0.6 is 0 Å². The van der Waals surface area contributed by atoms with Crippen LogP contribution in [0.25, 0.3) is 11.0 Å². The zero-order valence-corrected chi connectivity index (χ0v) is 10.8. The number of anilines is 1. The number of benzene rings is 1. The molecule has 2 fully saturated rings. The van der Waals surface area contributed by atoms with Gasteiger partial charge in [0.25, 0.3) is 0 Å². The van der Waals surface area contributed by atoms with Gasteiger partial charge in [0, 0.05) is 12.6 Å². The fraction of sp³-hybridized carbons (Fsp3) is 0.533. The predicted octanol–water partition coefficient (Wildman–Crippen LogP) is 3.19. The lowest BCUT2D eigenvalue weighted by Crippen LogP contribution is -2.18. The summed E-state index contributed by atoms with van der Waals surface area (Å²) < 4.78 is 15.3. The van der Waals surface area contributed by atoms with E-state index in [1.807, 2.05) is 0 Å². The van der Waals surface area contributed by atoms with E-state index >= 15 is 0 Å². The van der Waals surface area contributed by atoms with E-state index in [0.717, 1.165) is 29.8 Å². The lowest BCUT2D eigenvalue weighted by molar-refractivity contribution is 0.300. The minimum absolute atomic E-state index is 0.253. The molecule has 1 aromatic heterocycles. The first-order chi connectivity index (χ1) is 9.20. The van der Waals surface area contributed by atoms with E-state index in [1.54, 1.807) is 6.07 Å². The Labute approximate surface area is 111 Å². The lowest BCUT2D eigenvalue weighted by Gasteiger charge is -2.22. The fourth-order valence-electron chi connectivity index (χ4n) is 4.15. The van der Waals surface area contributed by atoms with Gasteiger partial charge in [0.2, 0.25) is 5.95 Å². The summed E-state index contributed by atoms with van der Waals surface area (Å²) in [5.74, 6) is 2.79. The molecule has 2 N–H and O–H groups in total. The molecule has 2 aliphatic carbocycles. The molecule has 2 saturated carbocycles. The molecule has 2 aromatic rings. The Balaban J connectivity index is 1.69. The van der Waals surface area contributed by atoms with Crippen molar-refractivity contribution in [2.75, 3.05) is 5.73 Å². The molecule has 1 aromatic carbocycles. The number of nitrogens with zero attached hydrogens (tertiary/aromatic N) is 2. The predicted molar refractivity (Wildman–Crippen MR) is 73.0 cm³/mol. The van der Waals surface area contributed by atoms with Crippen molar-refractivity contribution in [2.24, 2.45) is 17.8 Å². The van der Waals surface area contributed by atoms with Gasteiger partial charge in [0.15, 0.2) is 0 Å². The van der Waals surface area contributed by atoms with Crippen molar-refractivity contribution in [3.8, 4) is 0 Å². The summed E-state index contributed by atoms with van der Waals surface area (Å²) in [7, 11) is 0. The van der Waals surface area contributed by atoms with Gasteiger partial charge in [-0.25, -0.2) is 9.37 Å². The van der Waals surface area contributed by atoms with E-state index in [9.17, 15) is 4.39 Å². The Kier molecular flexibility index (Phi) is 2.34. The highest BCUT2D eigenvalue weighted by Gasteiger charge is 2.39. The maximum absolute atomic E-state index is 13.2. The standard InChI is InChI=1S/C15H18FN3/c16-12-3-4-14-13(7-12)18-15(17)19(14)8-11-6-9-1-2-10(11)5-9/h3-4,7,9-11H,1-2,5-6,8H2,(H2,17,18). The Morgan fingerprint density at radius 3 is 2.95 bits per heavy atom. The first kappa shape index (κ1) is 11.3. The van der Waals surface area contributed by atoms with Crippen molar-refractivity contribution in [3.63, 3.8) is 0 Å². The Hall–Kier alpha value is -1.58. The maximum atomic E-state index is 13.2. The molecule has 2 aliphatic rings. The monoisotopic (exact) mass is 259 g/mol. The van der Waals surface area contributed by atoms with Crippen molar-refractivity contribution in [2.45, 2.75) is 32.2 Å². The average Bonchev–Trinajstić information content (AvgIpc) is 3.05. The highest BCUT2D eigenvalue weighted by Crippen LogP contribution is 2.49. The Morgan fingerprint density at radius 1 is 1.32 bits per heavy atom. The second kappa shape index (κ2) is 3.95. The van der Waals surface area contributed by atoms with Crippen LogP contribution in [0, 0.1) is 23.6 Å². The zero-order valence-electron chi connectivity index (χ0n) is 10.8. The van der Waals surface area contributed by atoms with Crippen molar-refractivity contribution in [1.82, 2.24) is 9.55 Å². The number of hydrogen-bond donors (Lipinski definition) is 1. The molecular formula is C15H18FN3. The highest BCUT2D eigenvalue weighted by molar-refractivity contribution is 5.78. The molecule has 3 unspecified atom stereocenters. The first-order valence-corrected chi connectivity index (χ1v) is 7.12. The minimum atomic E-state index is -0.253. The first-order valence-electron chi connectivity index (χ1n) is 7.12. The minimum Gasteiger partial charge on any atom is -0.369 e. The summed E-state index contributed by atoms with van der Waals surface area (Å²) in [5.41, 5.74) is 7.64. The molecular weight excluding hydrogens is 241 g/mol. The molecule has 19 heavy (non-hydrogen) atoms. The van der Waals surface area contributed by atoms with Crippen molar-refractivity contribution in [1.29, 1.82) is 0 Å². The van der Waals surface area contributed by atoms with Gasteiger partial charge in [0.1, 0.15) is 5.82 Å². The number of aromatic nitrogens is 2. The fourth-order valence-corrected chi connectivity index (χ4v) is 4.15. The van der Waals surface area contributed by atoms with Gasteiger partial charge in [-0.15, -0.1) is 0 Å². The topological polar surface area (TPSA) is 43.8 Å². The molecule has 0 spiro atoms. The van der Waals surface area contributed by atoms with Crippen molar-refractivity contribution in [3.05, 3.63) is 24.0 Å². The molecule has 4 heteroatoms. The third-order valence-corrected chi connectivity index (χ3v) is 5.04. The van der Waals surface area contributed by atoms with Crippen LogP contribution in [-0.2, 0) is 6.54 Å². The number of fused-ring (bicyclic) bond motifs is 3. The molecule has 0 amide bonds. The van der Waals surface area contributed by atoms with Gasteiger partial charge in [-0.3, -0.25) is 0 Å². The normalized spacial score (nSPS) is 29.4. The number of nitrogen functional groups attached to an aromatic ring is 1. The largest absolute Gasteiger partial charge is 0.369 e. The lowest BCUT2D eigenvalue weighted by atomic mass is 9.89.